The van der Waals surface area contributed by atoms with Gasteiger partial charge in [-0.15, -0.1) is 0 Å². The van der Waals surface area contributed by atoms with Crippen molar-refractivity contribution in [3.05, 3.63) is 35.9 Å². The Kier molecular flexibility index (Phi) is 3.44. The van der Waals surface area contributed by atoms with Gasteiger partial charge in [-0.25, -0.2) is 9.37 Å². The fourth-order valence-electron chi connectivity index (χ4n) is 4.31. The lowest BCUT2D eigenvalue weighted by Crippen LogP contribution is -2.36. The Hall–Kier alpha value is -1.42. The largest absolute Gasteiger partial charge is 0.328 e. The molecule has 4 rings (SSSR count). The smallest absolute Gasteiger partial charge is 0.111 e. The number of fused-ring (bicyclic) bond motifs is 2. The van der Waals surface area contributed by atoms with E-state index in [2.05, 4.69) is 21.7 Å². The van der Waals surface area contributed by atoms with Crippen LogP contribution in [0.2, 0.25) is 0 Å². The molecule has 1 atom stereocenters. The quantitative estimate of drug-likeness (QED) is 0.919. The van der Waals surface area contributed by atoms with Crippen molar-refractivity contribution in [3.8, 4) is 0 Å². The number of aromatic nitrogens is 2. The Balaban J connectivity index is 1.51. The van der Waals surface area contributed by atoms with E-state index in [9.17, 15) is 0 Å². The standard InChI is InChI=1S/C18H24FN3/c19-18(8-5-13(20)6-9-18)10-7-16-14-3-1-2-4-15(14)17-11-21-12-22(16)17/h1,3,11-13,16H,2,4-10,20H2. The average molecular weight is 301 g/mol. The Morgan fingerprint density at radius 2 is 2.18 bits per heavy atom. The predicted molar refractivity (Wildman–Crippen MR) is 86.1 cm³/mol. The van der Waals surface area contributed by atoms with E-state index >= 15 is 4.39 Å². The molecule has 3 nitrogen and oxygen atoms in total. The first-order valence-corrected chi connectivity index (χ1v) is 8.53. The topological polar surface area (TPSA) is 43.8 Å². The number of nitrogens with two attached hydrogens (primary N) is 1. The molecule has 0 amide bonds. The third kappa shape index (κ3) is 2.34. The molecule has 2 N–H and O–H groups in total. The SMILES string of the molecule is NC1CCC(F)(CCC2C3=C(CCC=C3)c3cncn32)CC1. The molecule has 1 aromatic heterocycles. The summed E-state index contributed by atoms with van der Waals surface area (Å²) < 4.78 is 17.3. The third-order valence-corrected chi connectivity index (χ3v) is 5.67. The molecule has 1 unspecified atom stereocenters. The van der Waals surface area contributed by atoms with Gasteiger partial charge in [0.15, 0.2) is 0 Å². The highest BCUT2D eigenvalue weighted by Crippen LogP contribution is 2.45. The number of hydrogen-bond acceptors (Lipinski definition) is 2. The van der Waals surface area contributed by atoms with Gasteiger partial charge in [0.1, 0.15) is 5.67 Å². The molecular formula is C18H24FN3. The summed E-state index contributed by atoms with van der Waals surface area (Å²) in [5.74, 6) is 0. The van der Waals surface area contributed by atoms with Crippen LogP contribution in [0.4, 0.5) is 4.39 Å². The van der Waals surface area contributed by atoms with Gasteiger partial charge in [-0.2, -0.15) is 0 Å². The van der Waals surface area contributed by atoms with Gasteiger partial charge < -0.3 is 10.3 Å². The third-order valence-electron chi connectivity index (χ3n) is 5.67. The maximum absolute atomic E-state index is 15.0. The number of imidazole rings is 1. The van der Waals surface area contributed by atoms with Crippen LogP contribution in [0, 0.1) is 0 Å². The molecule has 22 heavy (non-hydrogen) atoms. The summed E-state index contributed by atoms with van der Waals surface area (Å²) in [7, 11) is 0. The van der Waals surface area contributed by atoms with Gasteiger partial charge >= 0.3 is 0 Å². The fraction of sp³-hybridized carbons (Fsp3) is 0.611. The summed E-state index contributed by atoms with van der Waals surface area (Å²) in [5, 5.41) is 0. The summed E-state index contributed by atoms with van der Waals surface area (Å²) in [6, 6.07) is 0.471. The molecule has 1 aromatic rings. The molecule has 1 aliphatic heterocycles. The molecule has 0 saturated heterocycles. The van der Waals surface area contributed by atoms with Crippen LogP contribution in [0.15, 0.2) is 30.2 Å². The van der Waals surface area contributed by atoms with Gasteiger partial charge in [-0.3, -0.25) is 0 Å². The second-order valence-corrected chi connectivity index (χ2v) is 7.10. The number of halogens is 1. The second-order valence-electron chi connectivity index (χ2n) is 7.10. The first kappa shape index (κ1) is 14.2. The van der Waals surface area contributed by atoms with Gasteiger partial charge in [0.05, 0.1) is 24.3 Å². The zero-order chi connectivity index (χ0) is 15.2. The van der Waals surface area contributed by atoms with Crippen molar-refractivity contribution >= 4 is 5.57 Å². The lowest BCUT2D eigenvalue weighted by atomic mass is 9.79. The molecular weight excluding hydrogens is 277 g/mol. The van der Waals surface area contributed by atoms with Crippen molar-refractivity contribution < 1.29 is 4.39 Å². The number of hydrogen-bond donors (Lipinski definition) is 1. The Morgan fingerprint density at radius 1 is 1.36 bits per heavy atom. The van der Waals surface area contributed by atoms with Crippen LogP contribution >= 0.6 is 0 Å². The summed E-state index contributed by atoms with van der Waals surface area (Å²) in [6.45, 7) is 0. The Morgan fingerprint density at radius 3 is 3.00 bits per heavy atom. The van der Waals surface area contributed by atoms with E-state index in [1.54, 1.807) is 0 Å². The summed E-state index contributed by atoms with van der Waals surface area (Å²) in [5.41, 5.74) is 8.95. The van der Waals surface area contributed by atoms with E-state index in [0.717, 1.165) is 32.1 Å². The molecule has 0 radical (unpaired) electrons. The first-order valence-electron chi connectivity index (χ1n) is 8.53. The van der Waals surface area contributed by atoms with Crippen molar-refractivity contribution in [2.24, 2.45) is 5.73 Å². The number of nitrogens with zero attached hydrogens (tertiary/aromatic N) is 2. The highest BCUT2D eigenvalue weighted by molar-refractivity contribution is 5.74. The van der Waals surface area contributed by atoms with Gasteiger partial charge in [0.2, 0.25) is 0 Å². The maximum atomic E-state index is 15.0. The van der Waals surface area contributed by atoms with Crippen molar-refractivity contribution in [2.75, 3.05) is 0 Å². The summed E-state index contributed by atoms with van der Waals surface area (Å²) in [4.78, 5) is 4.30. The monoisotopic (exact) mass is 301 g/mol. The van der Waals surface area contributed by atoms with Crippen LogP contribution in [0.3, 0.4) is 0 Å². The predicted octanol–water partition coefficient (Wildman–Crippen LogP) is 3.93. The molecule has 0 spiro atoms. The highest BCUT2D eigenvalue weighted by atomic mass is 19.1. The van der Waals surface area contributed by atoms with Crippen LogP contribution in [-0.2, 0) is 0 Å². The molecule has 3 aliphatic rings. The molecule has 2 aliphatic carbocycles. The van der Waals surface area contributed by atoms with Gasteiger partial charge in [-0.05, 0) is 62.5 Å². The second kappa shape index (κ2) is 5.34. The minimum atomic E-state index is -1.02. The Bertz CT molecular complexity index is 620. The van der Waals surface area contributed by atoms with E-state index in [-0.39, 0.29) is 12.1 Å². The van der Waals surface area contributed by atoms with E-state index in [1.807, 2.05) is 12.5 Å². The zero-order valence-electron chi connectivity index (χ0n) is 13.0. The van der Waals surface area contributed by atoms with Crippen molar-refractivity contribution in [2.45, 2.75) is 69.1 Å². The average Bonchev–Trinajstić information content (AvgIpc) is 3.10. The van der Waals surface area contributed by atoms with Crippen molar-refractivity contribution in [1.29, 1.82) is 0 Å². The van der Waals surface area contributed by atoms with Crippen LogP contribution < -0.4 is 5.73 Å². The van der Waals surface area contributed by atoms with Crippen LogP contribution in [0.25, 0.3) is 5.57 Å². The van der Waals surface area contributed by atoms with Crippen molar-refractivity contribution in [3.63, 3.8) is 0 Å². The highest BCUT2D eigenvalue weighted by Gasteiger charge is 2.37. The minimum absolute atomic E-state index is 0.200. The summed E-state index contributed by atoms with van der Waals surface area (Å²) >= 11 is 0. The number of rotatable bonds is 3. The molecule has 1 fully saturated rings. The lowest BCUT2D eigenvalue weighted by Gasteiger charge is -2.33. The molecule has 4 heteroatoms. The van der Waals surface area contributed by atoms with Gasteiger partial charge in [0, 0.05) is 6.04 Å². The Labute approximate surface area is 131 Å². The van der Waals surface area contributed by atoms with Crippen LogP contribution in [0.5, 0.6) is 0 Å². The number of alkyl halides is 1. The minimum Gasteiger partial charge on any atom is -0.328 e. The van der Waals surface area contributed by atoms with Gasteiger partial charge in [-0.1, -0.05) is 12.2 Å². The summed E-state index contributed by atoms with van der Waals surface area (Å²) in [6.07, 6.45) is 14.9. The van der Waals surface area contributed by atoms with Gasteiger partial charge in [0.25, 0.3) is 0 Å². The number of allylic oxidation sites excluding steroid dienone is 4. The van der Waals surface area contributed by atoms with E-state index in [4.69, 9.17) is 5.73 Å². The maximum Gasteiger partial charge on any atom is 0.111 e. The zero-order valence-corrected chi connectivity index (χ0v) is 13.0. The van der Waals surface area contributed by atoms with E-state index in [0.29, 0.717) is 19.3 Å². The molecule has 0 bridgehead atoms. The molecule has 118 valence electrons. The molecule has 2 heterocycles. The normalized spacial score (nSPS) is 33.9. The lowest BCUT2D eigenvalue weighted by molar-refractivity contribution is 0.0832. The van der Waals surface area contributed by atoms with E-state index < -0.39 is 5.67 Å². The van der Waals surface area contributed by atoms with Crippen LogP contribution in [0.1, 0.15) is 63.1 Å². The molecule has 1 saturated carbocycles. The van der Waals surface area contributed by atoms with Crippen molar-refractivity contribution in [1.82, 2.24) is 9.55 Å². The van der Waals surface area contributed by atoms with E-state index in [1.165, 1.54) is 16.8 Å². The van der Waals surface area contributed by atoms with Crippen LogP contribution in [-0.4, -0.2) is 21.3 Å². The fourth-order valence-corrected chi connectivity index (χ4v) is 4.31. The first-order chi connectivity index (χ1) is 10.7. The molecule has 0 aromatic carbocycles.